The topological polar surface area (TPSA) is 99.5 Å². The second-order valence-electron chi connectivity index (χ2n) is 8.29. The largest absolute Gasteiger partial charge is 0.422 e. The molecule has 0 bridgehead atoms. The van der Waals surface area contributed by atoms with Crippen molar-refractivity contribution in [2.24, 2.45) is 5.92 Å². The van der Waals surface area contributed by atoms with E-state index in [2.05, 4.69) is 15.7 Å². The minimum Gasteiger partial charge on any atom is -0.393 e. The van der Waals surface area contributed by atoms with Crippen LogP contribution in [0, 0.1) is 17.6 Å². The lowest BCUT2D eigenvalue weighted by Crippen LogP contribution is -2.40. The van der Waals surface area contributed by atoms with Crippen LogP contribution in [0.2, 0.25) is 0 Å². The molecule has 2 unspecified atom stereocenters. The zero-order valence-corrected chi connectivity index (χ0v) is 18.0. The van der Waals surface area contributed by atoms with E-state index in [0.717, 1.165) is 0 Å². The number of urea groups is 1. The summed E-state index contributed by atoms with van der Waals surface area (Å²) < 4.78 is 68.3. The summed E-state index contributed by atoms with van der Waals surface area (Å²) in [5.41, 5.74) is -1.60. The number of aliphatic hydroxyl groups is 1. The molecule has 8 nitrogen and oxygen atoms in total. The second kappa shape index (κ2) is 8.85. The lowest BCUT2D eigenvalue weighted by molar-refractivity contribution is -0.142. The number of nitrogens with one attached hydrogen (secondary N) is 2. The number of halogens is 5. The summed E-state index contributed by atoms with van der Waals surface area (Å²) in [5, 5.41) is 19.5. The van der Waals surface area contributed by atoms with Crippen molar-refractivity contribution in [2.75, 3.05) is 18.4 Å². The minimum absolute atomic E-state index is 0.0835. The molecular formula is C21H22F5N5O3. The first-order valence-corrected chi connectivity index (χ1v) is 10.7. The lowest BCUT2D eigenvalue weighted by atomic mass is 10.0. The number of benzene rings is 1. The molecule has 1 aromatic carbocycles. The van der Waals surface area contributed by atoms with Crippen molar-refractivity contribution in [3.8, 4) is 0 Å². The Hall–Kier alpha value is -3.22. The molecule has 1 aromatic heterocycles. The van der Waals surface area contributed by atoms with E-state index in [0.29, 0.717) is 36.4 Å². The van der Waals surface area contributed by atoms with Gasteiger partial charge in [0.1, 0.15) is 17.1 Å². The molecule has 2 atom stereocenters. The number of hydrogen-bond donors (Lipinski definition) is 3. The average Bonchev–Trinajstić information content (AvgIpc) is 3.05. The zero-order chi connectivity index (χ0) is 24.8. The fraction of sp³-hybridized carbons (Fsp3) is 0.476. The Morgan fingerprint density at radius 2 is 2.09 bits per heavy atom. The Morgan fingerprint density at radius 1 is 1.35 bits per heavy atom. The molecule has 3 N–H and O–H groups in total. The van der Waals surface area contributed by atoms with E-state index in [-0.39, 0.29) is 37.7 Å². The van der Waals surface area contributed by atoms with Crippen molar-refractivity contribution >= 4 is 17.6 Å². The summed E-state index contributed by atoms with van der Waals surface area (Å²) in [6.07, 6.45) is -5.15. The average molecular weight is 487 g/mol. The summed E-state index contributed by atoms with van der Waals surface area (Å²) in [6, 6.07) is 0.239. The van der Waals surface area contributed by atoms with Gasteiger partial charge < -0.3 is 20.6 Å². The van der Waals surface area contributed by atoms with Gasteiger partial charge in [0.2, 0.25) is 0 Å². The highest BCUT2D eigenvalue weighted by atomic mass is 19.4. The maximum absolute atomic E-state index is 14.3. The second-order valence-corrected chi connectivity index (χ2v) is 8.29. The van der Waals surface area contributed by atoms with Crippen molar-refractivity contribution in [3.63, 3.8) is 0 Å². The van der Waals surface area contributed by atoms with Crippen molar-refractivity contribution in [1.82, 2.24) is 20.0 Å². The molecule has 2 aliphatic rings. The molecule has 0 fully saturated rings. The van der Waals surface area contributed by atoms with Crippen LogP contribution >= 0.6 is 0 Å². The number of hydrogen-bond acceptors (Lipinski definition) is 4. The third-order valence-corrected chi connectivity index (χ3v) is 6.11. The van der Waals surface area contributed by atoms with Crippen molar-refractivity contribution in [3.05, 3.63) is 46.3 Å². The number of fused-ring (bicyclic) bond motifs is 3. The maximum Gasteiger partial charge on any atom is 0.422 e. The van der Waals surface area contributed by atoms with Gasteiger partial charge in [-0.1, -0.05) is 6.92 Å². The van der Waals surface area contributed by atoms with Crippen LogP contribution in [0.1, 0.15) is 40.7 Å². The fourth-order valence-electron chi connectivity index (χ4n) is 4.27. The van der Waals surface area contributed by atoms with Crippen LogP contribution in [0.5, 0.6) is 0 Å². The Kier molecular flexibility index (Phi) is 6.23. The van der Waals surface area contributed by atoms with Crippen LogP contribution in [0.25, 0.3) is 0 Å². The smallest absolute Gasteiger partial charge is 0.393 e. The molecule has 0 aliphatic carbocycles. The van der Waals surface area contributed by atoms with Gasteiger partial charge in [0.05, 0.1) is 24.0 Å². The number of rotatable bonds is 3. The highest BCUT2D eigenvalue weighted by Gasteiger charge is 2.39. The Balaban J connectivity index is 1.56. The Labute approximate surface area is 190 Å². The molecule has 184 valence electrons. The highest BCUT2D eigenvalue weighted by Crippen LogP contribution is 2.36. The number of amides is 3. The van der Waals surface area contributed by atoms with E-state index in [4.69, 9.17) is 0 Å². The summed E-state index contributed by atoms with van der Waals surface area (Å²) in [5.74, 6) is -4.37. The SMILES string of the molecule is CCC(O)C1CNC(=O)c2c3c(nn2C1)CCN(C(=O)Nc1ccc(F)c(C(F)(F)F)c1F)C3. The van der Waals surface area contributed by atoms with Crippen LogP contribution in [-0.4, -0.2) is 50.9 Å². The van der Waals surface area contributed by atoms with Crippen LogP contribution in [0.4, 0.5) is 32.4 Å². The summed E-state index contributed by atoms with van der Waals surface area (Å²) in [7, 11) is 0. The van der Waals surface area contributed by atoms with Gasteiger partial charge in [0.15, 0.2) is 5.82 Å². The van der Waals surface area contributed by atoms with E-state index in [1.165, 1.54) is 9.58 Å². The van der Waals surface area contributed by atoms with Gasteiger partial charge >= 0.3 is 12.2 Å². The number of carbonyl (C=O) groups excluding carboxylic acids is 2. The molecule has 2 aliphatic heterocycles. The molecule has 2 aromatic rings. The fourth-order valence-corrected chi connectivity index (χ4v) is 4.27. The Morgan fingerprint density at radius 3 is 2.76 bits per heavy atom. The summed E-state index contributed by atoms with van der Waals surface area (Å²) in [6.45, 7) is 2.40. The molecule has 0 saturated heterocycles. The predicted octanol–water partition coefficient (Wildman–Crippen LogP) is 2.90. The lowest BCUT2D eigenvalue weighted by Gasteiger charge is -2.27. The van der Waals surface area contributed by atoms with Gasteiger partial charge in [-0.3, -0.25) is 9.48 Å². The molecule has 3 heterocycles. The molecule has 34 heavy (non-hydrogen) atoms. The van der Waals surface area contributed by atoms with Gasteiger partial charge in [-0.25, -0.2) is 13.6 Å². The normalized spacial score (nSPS) is 19.1. The quantitative estimate of drug-likeness (QED) is 0.580. The first kappa shape index (κ1) is 23.9. The van der Waals surface area contributed by atoms with Gasteiger partial charge in [-0.15, -0.1) is 0 Å². The van der Waals surface area contributed by atoms with Crippen LogP contribution < -0.4 is 10.6 Å². The molecule has 0 saturated carbocycles. The molecule has 13 heteroatoms. The van der Waals surface area contributed by atoms with E-state index < -0.39 is 47.1 Å². The van der Waals surface area contributed by atoms with Gasteiger partial charge in [-0.2, -0.15) is 18.3 Å². The van der Waals surface area contributed by atoms with Crippen LogP contribution in [0.15, 0.2) is 12.1 Å². The van der Waals surface area contributed by atoms with E-state index in [9.17, 15) is 36.6 Å². The van der Waals surface area contributed by atoms with E-state index in [1.807, 2.05) is 6.92 Å². The number of alkyl halides is 3. The summed E-state index contributed by atoms with van der Waals surface area (Å²) >= 11 is 0. The third kappa shape index (κ3) is 4.31. The van der Waals surface area contributed by atoms with Crippen LogP contribution in [-0.2, 0) is 25.7 Å². The van der Waals surface area contributed by atoms with E-state index >= 15 is 0 Å². The van der Waals surface area contributed by atoms with Crippen molar-refractivity contribution < 1.29 is 36.6 Å². The number of nitrogens with zero attached hydrogens (tertiary/aromatic N) is 3. The molecular weight excluding hydrogens is 465 g/mol. The summed E-state index contributed by atoms with van der Waals surface area (Å²) in [4.78, 5) is 26.6. The van der Waals surface area contributed by atoms with Crippen molar-refractivity contribution in [1.29, 1.82) is 0 Å². The van der Waals surface area contributed by atoms with Crippen molar-refractivity contribution in [2.45, 2.75) is 45.1 Å². The maximum atomic E-state index is 14.3. The first-order valence-electron chi connectivity index (χ1n) is 10.7. The third-order valence-electron chi connectivity index (χ3n) is 6.11. The van der Waals surface area contributed by atoms with Gasteiger partial charge in [0, 0.05) is 37.5 Å². The van der Waals surface area contributed by atoms with Gasteiger partial charge in [0.25, 0.3) is 5.91 Å². The number of anilines is 1. The Bertz CT molecular complexity index is 1130. The predicted molar refractivity (Wildman–Crippen MR) is 109 cm³/mol. The number of aliphatic hydroxyl groups excluding tert-OH is 1. The van der Waals surface area contributed by atoms with E-state index in [1.54, 1.807) is 0 Å². The zero-order valence-electron chi connectivity index (χ0n) is 18.0. The first-order chi connectivity index (χ1) is 16.0. The highest BCUT2D eigenvalue weighted by molar-refractivity contribution is 5.95. The van der Waals surface area contributed by atoms with Gasteiger partial charge in [-0.05, 0) is 18.6 Å². The molecule has 0 radical (unpaired) electrons. The minimum atomic E-state index is -5.28. The number of aromatic nitrogens is 2. The molecule has 4 rings (SSSR count). The standard InChI is InChI=1S/C21H22F5N5O3/c1-2-15(32)10-7-27-19(33)18-11-9-30(6-5-13(11)29-31(18)8-10)20(34)28-14-4-3-12(22)16(17(14)23)21(24,25)26/h3-4,10,15,32H,2,5-9H2,1H3,(H,27,33)(H,28,34). The van der Waals surface area contributed by atoms with Crippen LogP contribution in [0.3, 0.4) is 0 Å². The molecule has 0 spiro atoms. The monoisotopic (exact) mass is 487 g/mol. The number of carbonyl (C=O) groups is 2. The molecule has 3 amide bonds.